The van der Waals surface area contributed by atoms with Gasteiger partial charge in [-0.15, -0.1) is 3.71 Å². The Kier molecular flexibility index (Phi) is 3.06. The van der Waals surface area contributed by atoms with Crippen LogP contribution in [0.25, 0.3) is 0 Å². The highest BCUT2D eigenvalue weighted by molar-refractivity contribution is 8.05. The van der Waals surface area contributed by atoms with E-state index < -0.39 is 30.2 Å². The molecule has 0 radical (unpaired) electrons. The molecule has 1 aromatic rings. The molecular formula is C6H6F2N2O4S2. The second-order valence-corrected chi connectivity index (χ2v) is 5.28. The van der Waals surface area contributed by atoms with Crippen LogP contribution in [-0.4, -0.2) is 16.8 Å². The molecule has 0 amide bonds. The van der Waals surface area contributed by atoms with Gasteiger partial charge in [-0.1, -0.05) is 7.77 Å². The summed E-state index contributed by atoms with van der Waals surface area (Å²) in [6.45, 7) is 0. The Morgan fingerprint density at radius 1 is 0.938 bits per heavy atom. The van der Waals surface area contributed by atoms with Crippen molar-refractivity contribution in [1.29, 1.82) is 0 Å². The van der Waals surface area contributed by atoms with Gasteiger partial charge >= 0.3 is 20.8 Å². The Morgan fingerprint density at radius 2 is 1.31 bits per heavy atom. The summed E-state index contributed by atoms with van der Waals surface area (Å²) in [5.74, 6) is 0. The molecule has 0 aliphatic heterocycles. The van der Waals surface area contributed by atoms with Gasteiger partial charge in [-0.2, -0.15) is 16.8 Å². The van der Waals surface area contributed by atoms with Gasteiger partial charge in [0.25, 0.3) is 0 Å². The second kappa shape index (κ2) is 3.87. The molecule has 0 unspecified atom stereocenters. The quantitative estimate of drug-likeness (QED) is 0.638. The summed E-state index contributed by atoms with van der Waals surface area (Å²) < 4.78 is 66.1. The predicted molar refractivity (Wildman–Crippen MR) is 53.4 cm³/mol. The lowest BCUT2D eigenvalue weighted by Gasteiger charge is -2.13. The van der Waals surface area contributed by atoms with Gasteiger partial charge in [0.1, 0.15) is 0 Å². The third kappa shape index (κ3) is 2.79. The van der Waals surface area contributed by atoms with Gasteiger partial charge in [0.15, 0.2) is 0 Å². The molecule has 0 aromatic heterocycles. The minimum Gasteiger partial charge on any atom is -0.399 e. The van der Waals surface area contributed by atoms with Crippen molar-refractivity contribution in [1.82, 2.24) is 0 Å². The van der Waals surface area contributed by atoms with Crippen LogP contribution in [0.15, 0.2) is 24.3 Å². The maximum Gasteiger partial charge on any atom is 0.414 e. The Hall–Kier alpha value is -1.42. The van der Waals surface area contributed by atoms with E-state index in [0.29, 0.717) is 0 Å². The van der Waals surface area contributed by atoms with Crippen molar-refractivity contribution in [3.8, 4) is 0 Å². The fraction of sp³-hybridized carbons (Fsp3) is 0. The Morgan fingerprint density at radius 3 is 1.62 bits per heavy atom. The summed E-state index contributed by atoms with van der Waals surface area (Å²) in [6.07, 6.45) is 0. The molecule has 2 N–H and O–H groups in total. The maximum atomic E-state index is 12.6. The third-order valence-corrected chi connectivity index (χ3v) is 3.78. The van der Waals surface area contributed by atoms with Crippen LogP contribution in [0.2, 0.25) is 0 Å². The molecule has 0 atom stereocenters. The van der Waals surface area contributed by atoms with Crippen molar-refractivity contribution in [3.05, 3.63) is 24.3 Å². The highest BCUT2D eigenvalue weighted by Crippen LogP contribution is 2.24. The van der Waals surface area contributed by atoms with Crippen LogP contribution in [0.5, 0.6) is 0 Å². The zero-order valence-corrected chi connectivity index (χ0v) is 9.17. The average molecular weight is 272 g/mol. The van der Waals surface area contributed by atoms with Gasteiger partial charge in [-0.05, 0) is 24.3 Å². The number of halogens is 2. The lowest BCUT2D eigenvalue weighted by atomic mass is 10.3. The van der Waals surface area contributed by atoms with E-state index in [2.05, 4.69) is 0 Å². The number of nitrogens with zero attached hydrogens (tertiary/aromatic N) is 1. The van der Waals surface area contributed by atoms with Crippen molar-refractivity contribution in [3.63, 3.8) is 0 Å². The number of nitrogens with two attached hydrogens (primary N) is 1. The van der Waals surface area contributed by atoms with Gasteiger partial charge in [-0.25, -0.2) is 0 Å². The van der Waals surface area contributed by atoms with Crippen LogP contribution < -0.4 is 9.44 Å². The van der Waals surface area contributed by atoms with Crippen molar-refractivity contribution < 1.29 is 24.6 Å². The van der Waals surface area contributed by atoms with E-state index in [-0.39, 0.29) is 5.69 Å². The molecular weight excluding hydrogens is 266 g/mol. The van der Waals surface area contributed by atoms with Gasteiger partial charge in [0.05, 0.1) is 5.69 Å². The minimum absolute atomic E-state index is 0.177. The molecule has 10 heteroatoms. The highest BCUT2D eigenvalue weighted by atomic mass is 32.3. The topological polar surface area (TPSA) is 97.5 Å². The lowest BCUT2D eigenvalue weighted by Crippen LogP contribution is -2.31. The number of anilines is 2. The molecule has 0 aliphatic rings. The first kappa shape index (κ1) is 12.6. The minimum atomic E-state index is -5.76. The van der Waals surface area contributed by atoms with E-state index in [9.17, 15) is 24.6 Å². The van der Waals surface area contributed by atoms with Crippen LogP contribution in [-0.2, 0) is 20.8 Å². The third-order valence-electron chi connectivity index (χ3n) is 1.50. The van der Waals surface area contributed by atoms with E-state index in [4.69, 9.17) is 5.73 Å². The standard InChI is InChI=1S/C6H6F2N2O4S2/c7-15(11,12)10(16(8,13)14)6-3-1-5(9)2-4-6/h1-4H,9H2. The molecule has 0 bridgehead atoms. The van der Waals surface area contributed by atoms with E-state index in [0.717, 1.165) is 24.3 Å². The summed E-state index contributed by atoms with van der Waals surface area (Å²) in [6, 6.07) is 3.89. The molecule has 1 aromatic carbocycles. The van der Waals surface area contributed by atoms with Crippen molar-refractivity contribution in [2.45, 2.75) is 0 Å². The van der Waals surface area contributed by atoms with Gasteiger partial charge in [0.2, 0.25) is 0 Å². The molecule has 6 nitrogen and oxygen atoms in total. The number of nitrogen functional groups attached to an aromatic ring is 1. The fourth-order valence-corrected chi connectivity index (χ4v) is 2.55. The average Bonchev–Trinajstić information content (AvgIpc) is 2.03. The van der Waals surface area contributed by atoms with Crippen LogP contribution >= 0.6 is 0 Å². The fourth-order valence-electron chi connectivity index (χ4n) is 0.954. The molecule has 0 spiro atoms. The highest BCUT2D eigenvalue weighted by Gasteiger charge is 2.34. The molecule has 1 rings (SSSR count). The Bertz CT molecular complexity index is 549. The zero-order valence-electron chi connectivity index (χ0n) is 7.54. The molecule has 0 heterocycles. The largest absolute Gasteiger partial charge is 0.414 e. The number of hydrogen-bond donors (Lipinski definition) is 1. The molecule has 0 aliphatic carbocycles. The first-order chi connectivity index (χ1) is 7.12. The summed E-state index contributed by atoms with van der Waals surface area (Å²) >= 11 is 0. The summed E-state index contributed by atoms with van der Waals surface area (Å²) in [4.78, 5) is 0. The van der Waals surface area contributed by atoms with E-state index in [1.54, 1.807) is 0 Å². The smallest absolute Gasteiger partial charge is 0.399 e. The number of hydrogen-bond acceptors (Lipinski definition) is 5. The van der Waals surface area contributed by atoms with Crippen molar-refractivity contribution >= 4 is 32.2 Å². The SMILES string of the molecule is Nc1ccc(N(S(=O)(=O)F)S(=O)(=O)F)cc1. The van der Waals surface area contributed by atoms with Gasteiger partial charge in [0, 0.05) is 5.69 Å². The van der Waals surface area contributed by atoms with E-state index >= 15 is 0 Å². The molecule has 90 valence electrons. The van der Waals surface area contributed by atoms with Crippen LogP contribution in [0.4, 0.5) is 19.1 Å². The molecule has 0 saturated heterocycles. The molecule has 0 saturated carbocycles. The molecule has 16 heavy (non-hydrogen) atoms. The second-order valence-electron chi connectivity index (χ2n) is 2.67. The van der Waals surface area contributed by atoms with E-state index in [1.165, 1.54) is 0 Å². The Labute approximate surface area is 91.0 Å². The monoisotopic (exact) mass is 272 g/mol. The van der Waals surface area contributed by atoms with E-state index in [1.807, 2.05) is 0 Å². The maximum absolute atomic E-state index is 12.6. The van der Waals surface area contributed by atoms with Crippen LogP contribution in [0.3, 0.4) is 0 Å². The van der Waals surface area contributed by atoms with Crippen molar-refractivity contribution in [2.24, 2.45) is 0 Å². The molecule has 0 fully saturated rings. The van der Waals surface area contributed by atoms with Crippen LogP contribution in [0, 0.1) is 0 Å². The lowest BCUT2D eigenvalue weighted by molar-refractivity contribution is 0.536. The summed E-state index contributed by atoms with van der Waals surface area (Å²) in [5, 5.41) is 0. The Balaban J connectivity index is 3.41. The summed E-state index contributed by atoms with van der Waals surface area (Å²) in [7, 11) is -11.5. The first-order valence-corrected chi connectivity index (χ1v) is 6.35. The van der Waals surface area contributed by atoms with Crippen molar-refractivity contribution in [2.75, 3.05) is 9.44 Å². The summed E-state index contributed by atoms with van der Waals surface area (Å²) in [5.41, 5.74) is 4.71. The van der Waals surface area contributed by atoms with Crippen LogP contribution in [0.1, 0.15) is 0 Å². The zero-order chi connectivity index (χ0) is 12.6. The predicted octanol–water partition coefficient (Wildman–Crippen LogP) is 0.504. The number of rotatable bonds is 3. The number of benzene rings is 1. The van der Waals surface area contributed by atoms with Gasteiger partial charge < -0.3 is 5.73 Å². The first-order valence-electron chi connectivity index (χ1n) is 3.67. The normalized spacial score (nSPS) is 12.4. The van der Waals surface area contributed by atoms with Gasteiger partial charge in [-0.3, -0.25) is 0 Å².